The van der Waals surface area contributed by atoms with E-state index >= 15 is 0 Å². The number of ether oxygens (including phenoxy) is 2. The van der Waals surface area contributed by atoms with Crippen molar-refractivity contribution in [3.63, 3.8) is 0 Å². The Labute approximate surface area is 158 Å². The van der Waals surface area contributed by atoms with Gasteiger partial charge in [-0.05, 0) is 57.4 Å². The van der Waals surface area contributed by atoms with Crippen molar-refractivity contribution in [2.75, 3.05) is 18.7 Å². The van der Waals surface area contributed by atoms with E-state index < -0.39 is 5.60 Å². The molecule has 0 amide bonds. The number of aromatic nitrogens is 2. The topological polar surface area (TPSA) is 93.6 Å². The number of benzene rings is 1. The molecule has 0 aliphatic heterocycles. The lowest BCUT2D eigenvalue weighted by Crippen LogP contribution is -2.48. The van der Waals surface area contributed by atoms with Gasteiger partial charge in [0.25, 0.3) is 0 Å². The molecule has 0 atom stereocenters. The summed E-state index contributed by atoms with van der Waals surface area (Å²) in [4.78, 5) is 11.2. The summed E-state index contributed by atoms with van der Waals surface area (Å²) in [5.41, 5.74) is 2.36. The summed E-state index contributed by atoms with van der Waals surface area (Å²) in [6.45, 7) is 6.28. The maximum atomic E-state index is 11.2. The average molecular weight is 371 g/mol. The highest BCUT2D eigenvalue weighted by Crippen LogP contribution is 2.34. The van der Waals surface area contributed by atoms with Crippen LogP contribution in [0, 0.1) is 6.92 Å². The lowest BCUT2D eigenvalue weighted by molar-refractivity contribution is -0.0235. The first kappa shape index (κ1) is 19.3. The number of nitrogens with one attached hydrogen (secondary N) is 1. The minimum atomic E-state index is -0.585. The molecule has 0 spiro atoms. The Kier molecular flexibility index (Phi) is 5.72. The molecule has 27 heavy (non-hydrogen) atoms. The predicted octanol–water partition coefficient (Wildman–Crippen LogP) is 2.96. The van der Waals surface area contributed by atoms with Gasteiger partial charge in [0.05, 0.1) is 16.9 Å². The summed E-state index contributed by atoms with van der Waals surface area (Å²) in [6, 6.07) is 7.45. The Morgan fingerprint density at radius 3 is 2.74 bits per heavy atom. The van der Waals surface area contributed by atoms with Crippen LogP contribution in [0.2, 0.25) is 0 Å². The van der Waals surface area contributed by atoms with Gasteiger partial charge in [-0.2, -0.15) is 0 Å². The smallest absolute Gasteiger partial charge is 0.189 e. The zero-order valence-corrected chi connectivity index (χ0v) is 15.9. The number of hydrogen-bond donors (Lipinski definition) is 2. The second-order valence-corrected chi connectivity index (χ2v) is 7.13. The maximum absolute atomic E-state index is 11.2. The van der Waals surface area contributed by atoms with Crippen molar-refractivity contribution in [3.05, 3.63) is 35.4 Å². The summed E-state index contributed by atoms with van der Waals surface area (Å²) in [5, 5.41) is 21.7. The van der Waals surface area contributed by atoms with Gasteiger partial charge < -0.3 is 19.9 Å². The van der Waals surface area contributed by atoms with E-state index in [1.54, 1.807) is 12.1 Å². The molecule has 3 rings (SSSR count). The monoisotopic (exact) mass is 371 g/mol. The molecular formula is C20H25N3O4. The fourth-order valence-corrected chi connectivity index (χ4v) is 3.25. The van der Waals surface area contributed by atoms with Crippen molar-refractivity contribution >= 4 is 12.1 Å². The lowest BCUT2D eigenvalue weighted by Gasteiger charge is -2.41. The predicted molar refractivity (Wildman–Crippen MR) is 102 cm³/mol. The lowest BCUT2D eigenvalue weighted by atomic mass is 9.77. The van der Waals surface area contributed by atoms with Crippen molar-refractivity contribution in [2.24, 2.45) is 0 Å². The van der Waals surface area contributed by atoms with Crippen molar-refractivity contribution in [2.45, 2.75) is 45.3 Å². The van der Waals surface area contributed by atoms with E-state index in [-0.39, 0.29) is 12.8 Å². The normalized spacial score (nSPS) is 21.4. The van der Waals surface area contributed by atoms with Crippen LogP contribution in [0.4, 0.5) is 5.82 Å². The number of carbonyl (C=O) groups excluding carboxylic acids is 1. The standard InChI is InChI=1S/C20H25N3O4/c1-4-26-12-27-17-8-14(5-6-15(17)11-24)19-13(2)7-18(22-23-19)21-16-9-20(3,25)10-16/h5-8,11,16,25H,4,9-10,12H2,1-3H3,(H,21,22). The first-order chi connectivity index (χ1) is 12.9. The third kappa shape index (κ3) is 4.61. The second kappa shape index (κ2) is 8.02. The van der Waals surface area contributed by atoms with Gasteiger partial charge in [0.2, 0.25) is 0 Å². The van der Waals surface area contributed by atoms with Crippen molar-refractivity contribution in [1.82, 2.24) is 10.2 Å². The highest BCUT2D eigenvalue weighted by molar-refractivity contribution is 5.81. The number of nitrogens with zero attached hydrogens (tertiary/aromatic N) is 2. The fraction of sp³-hybridized carbons (Fsp3) is 0.450. The summed E-state index contributed by atoms with van der Waals surface area (Å²) >= 11 is 0. The largest absolute Gasteiger partial charge is 0.467 e. The molecule has 1 aliphatic rings. The van der Waals surface area contributed by atoms with Gasteiger partial charge in [-0.1, -0.05) is 6.07 Å². The van der Waals surface area contributed by atoms with E-state index in [1.165, 1.54) is 0 Å². The molecule has 1 heterocycles. The molecule has 7 nitrogen and oxygen atoms in total. The zero-order chi connectivity index (χ0) is 19.4. The zero-order valence-electron chi connectivity index (χ0n) is 15.9. The molecule has 1 aromatic carbocycles. The average Bonchev–Trinajstić information content (AvgIpc) is 2.60. The maximum Gasteiger partial charge on any atom is 0.189 e. The molecule has 2 N–H and O–H groups in total. The van der Waals surface area contributed by atoms with Crippen LogP contribution in [0.5, 0.6) is 5.75 Å². The van der Waals surface area contributed by atoms with Crippen LogP contribution >= 0.6 is 0 Å². The van der Waals surface area contributed by atoms with Gasteiger partial charge >= 0.3 is 0 Å². The van der Waals surface area contributed by atoms with Crippen molar-refractivity contribution in [1.29, 1.82) is 0 Å². The van der Waals surface area contributed by atoms with Crippen LogP contribution in [-0.2, 0) is 4.74 Å². The number of carbonyl (C=O) groups is 1. The molecule has 0 saturated heterocycles. The fourth-order valence-electron chi connectivity index (χ4n) is 3.25. The van der Waals surface area contributed by atoms with E-state index in [4.69, 9.17) is 9.47 Å². The van der Waals surface area contributed by atoms with E-state index in [0.717, 1.165) is 23.1 Å². The van der Waals surface area contributed by atoms with Crippen LogP contribution < -0.4 is 10.1 Å². The van der Waals surface area contributed by atoms with Gasteiger partial charge in [0.15, 0.2) is 13.1 Å². The summed E-state index contributed by atoms with van der Waals surface area (Å²) in [5.74, 6) is 1.14. The van der Waals surface area contributed by atoms with E-state index in [2.05, 4.69) is 15.5 Å². The van der Waals surface area contributed by atoms with E-state index in [1.807, 2.05) is 32.9 Å². The summed E-state index contributed by atoms with van der Waals surface area (Å²) in [6.07, 6.45) is 2.15. The van der Waals surface area contributed by atoms with Crippen LogP contribution in [-0.4, -0.2) is 46.6 Å². The molecule has 0 bridgehead atoms. The third-order valence-electron chi connectivity index (χ3n) is 4.62. The molecule has 1 aliphatic carbocycles. The highest BCUT2D eigenvalue weighted by Gasteiger charge is 2.38. The molecule has 1 saturated carbocycles. The molecule has 0 unspecified atom stereocenters. The van der Waals surface area contributed by atoms with Crippen LogP contribution in [0.25, 0.3) is 11.3 Å². The molecule has 2 aromatic rings. The second-order valence-electron chi connectivity index (χ2n) is 7.13. The summed E-state index contributed by atoms with van der Waals surface area (Å²) < 4.78 is 10.7. The molecule has 7 heteroatoms. The number of aldehydes is 1. The van der Waals surface area contributed by atoms with Gasteiger partial charge in [0, 0.05) is 18.2 Å². The molecular weight excluding hydrogens is 346 g/mol. The van der Waals surface area contributed by atoms with Gasteiger partial charge in [-0.25, -0.2) is 0 Å². The van der Waals surface area contributed by atoms with Gasteiger partial charge in [-0.3, -0.25) is 4.79 Å². The minimum Gasteiger partial charge on any atom is -0.467 e. The minimum absolute atomic E-state index is 0.0828. The van der Waals surface area contributed by atoms with Crippen molar-refractivity contribution < 1.29 is 19.4 Å². The Hall–Kier alpha value is -2.51. The number of anilines is 1. The molecule has 1 fully saturated rings. The Morgan fingerprint density at radius 1 is 1.33 bits per heavy atom. The van der Waals surface area contributed by atoms with Crippen LogP contribution in [0.3, 0.4) is 0 Å². The number of aliphatic hydroxyl groups is 1. The summed E-state index contributed by atoms with van der Waals surface area (Å²) in [7, 11) is 0. The highest BCUT2D eigenvalue weighted by atomic mass is 16.7. The number of hydrogen-bond acceptors (Lipinski definition) is 7. The molecule has 0 radical (unpaired) electrons. The van der Waals surface area contributed by atoms with Crippen LogP contribution in [0.15, 0.2) is 24.3 Å². The van der Waals surface area contributed by atoms with E-state index in [0.29, 0.717) is 36.6 Å². The van der Waals surface area contributed by atoms with E-state index in [9.17, 15) is 9.90 Å². The third-order valence-corrected chi connectivity index (χ3v) is 4.62. The number of aryl methyl sites for hydroxylation is 1. The first-order valence-corrected chi connectivity index (χ1v) is 9.05. The SMILES string of the molecule is CCOCOc1cc(-c2nnc(NC3CC(C)(O)C3)cc2C)ccc1C=O. The number of rotatable bonds is 8. The van der Waals surface area contributed by atoms with Crippen molar-refractivity contribution in [3.8, 4) is 17.0 Å². The Morgan fingerprint density at radius 2 is 2.11 bits per heavy atom. The molecule has 144 valence electrons. The van der Waals surface area contributed by atoms with Crippen LogP contribution in [0.1, 0.15) is 42.6 Å². The first-order valence-electron chi connectivity index (χ1n) is 9.05. The van der Waals surface area contributed by atoms with Gasteiger partial charge in [0.1, 0.15) is 11.6 Å². The molecule has 1 aromatic heterocycles. The quantitative estimate of drug-likeness (QED) is 0.418. The Bertz CT molecular complexity index is 815. The van der Waals surface area contributed by atoms with Gasteiger partial charge in [-0.15, -0.1) is 10.2 Å². The Balaban J connectivity index is 1.77.